The summed E-state index contributed by atoms with van der Waals surface area (Å²) < 4.78 is 28.8. The number of rotatable bonds is 7. The Kier molecular flexibility index (Phi) is 5.30. The molecule has 0 saturated heterocycles. The third-order valence-electron chi connectivity index (χ3n) is 3.78. The van der Waals surface area contributed by atoms with E-state index in [1.807, 2.05) is 0 Å². The van der Waals surface area contributed by atoms with Gasteiger partial charge in [0.2, 0.25) is 10.0 Å². The lowest BCUT2D eigenvalue weighted by molar-refractivity contribution is -0.140. The summed E-state index contributed by atoms with van der Waals surface area (Å²) in [5, 5.41) is 20.3. The van der Waals surface area contributed by atoms with Crippen LogP contribution in [0.1, 0.15) is 20.3 Å². The van der Waals surface area contributed by atoms with Gasteiger partial charge in [-0.2, -0.15) is 4.72 Å². The molecule has 24 heavy (non-hydrogen) atoms. The quantitative estimate of drug-likeness (QED) is 0.748. The minimum atomic E-state index is -3.99. The standard InChI is InChI=1S/C14H19N5O4S/c1-4-9(2)12(14(20)21)16-24(22,23)11-7-5-6-10(8-11)13-15-17-18-19(13)3/h5-9,12,16H,4H2,1-3H3,(H,20,21)/t9-,12-/m0/s1. The SMILES string of the molecule is CC[C@H](C)[C@H](NS(=O)(=O)c1cccc(-c2nnnn2C)c1)C(=O)O. The van der Waals surface area contributed by atoms with E-state index in [4.69, 9.17) is 0 Å². The number of hydrogen-bond acceptors (Lipinski definition) is 6. The molecule has 0 radical (unpaired) electrons. The van der Waals surface area contributed by atoms with Gasteiger partial charge in [0.25, 0.3) is 0 Å². The summed E-state index contributed by atoms with van der Waals surface area (Å²) in [4.78, 5) is 11.3. The van der Waals surface area contributed by atoms with Crippen LogP contribution in [0.3, 0.4) is 0 Å². The molecule has 130 valence electrons. The number of aryl methyl sites for hydroxylation is 1. The highest BCUT2D eigenvalue weighted by Gasteiger charge is 2.29. The Morgan fingerprint density at radius 1 is 1.42 bits per heavy atom. The summed E-state index contributed by atoms with van der Waals surface area (Å²) in [5.41, 5.74) is 0.515. The van der Waals surface area contributed by atoms with Gasteiger partial charge in [-0.1, -0.05) is 32.4 Å². The van der Waals surface area contributed by atoms with Crippen molar-refractivity contribution in [2.45, 2.75) is 31.2 Å². The molecule has 1 heterocycles. The van der Waals surface area contributed by atoms with Crippen molar-refractivity contribution in [3.63, 3.8) is 0 Å². The Morgan fingerprint density at radius 3 is 2.67 bits per heavy atom. The number of aromatic nitrogens is 4. The molecule has 0 aliphatic rings. The highest BCUT2D eigenvalue weighted by atomic mass is 32.2. The van der Waals surface area contributed by atoms with Crippen molar-refractivity contribution in [3.8, 4) is 11.4 Å². The van der Waals surface area contributed by atoms with Crippen molar-refractivity contribution in [3.05, 3.63) is 24.3 Å². The molecule has 0 bridgehead atoms. The molecule has 0 unspecified atom stereocenters. The van der Waals surface area contributed by atoms with Crippen molar-refractivity contribution in [2.24, 2.45) is 13.0 Å². The van der Waals surface area contributed by atoms with E-state index in [-0.39, 0.29) is 10.8 Å². The van der Waals surface area contributed by atoms with Crippen LogP contribution >= 0.6 is 0 Å². The molecule has 0 amide bonds. The van der Waals surface area contributed by atoms with E-state index in [0.29, 0.717) is 17.8 Å². The topological polar surface area (TPSA) is 127 Å². The van der Waals surface area contributed by atoms with E-state index in [2.05, 4.69) is 20.2 Å². The normalized spacial score (nSPS) is 14.3. The third-order valence-corrected chi connectivity index (χ3v) is 5.22. The molecular weight excluding hydrogens is 334 g/mol. The van der Waals surface area contributed by atoms with Gasteiger partial charge in [0, 0.05) is 12.6 Å². The average Bonchev–Trinajstić information content (AvgIpc) is 2.98. The number of carboxylic acid groups (broad SMARTS) is 1. The first-order chi connectivity index (χ1) is 11.3. The lowest BCUT2D eigenvalue weighted by Crippen LogP contribution is -2.44. The molecule has 10 heteroatoms. The van der Waals surface area contributed by atoms with Crippen molar-refractivity contribution >= 4 is 16.0 Å². The van der Waals surface area contributed by atoms with Gasteiger partial charge in [-0.05, 0) is 28.5 Å². The van der Waals surface area contributed by atoms with Crippen LogP contribution in [0, 0.1) is 5.92 Å². The molecule has 2 atom stereocenters. The fourth-order valence-electron chi connectivity index (χ4n) is 2.16. The fourth-order valence-corrected chi connectivity index (χ4v) is 3.50. The van der Waals surface area contributed by atoms with E-state index in [0.717, 1.165) is 0 Å². The summed E-state index contributed by atoms with van der Waals surface area (Å²) in [7, 11) is -2.36. The summed E-state index contributed by atoms with van der Waals surface area (Å²) in [6, 6.07) is 4.83. The van der Waals surface area contributed by atoms with Gasteiger partial charge >= 0.3 is 5.97 Å². The number of benzene rings is 1. The number of hydrogen-bond donors (Lipinski definition) is 2. The second kappa shape index (κ2) is 7.05. The molecule has 2 N–H and O–H groups in total. The van der Waals surface area contributed by atoms with Gasteiger partial charge in [-0.25, -0.2) is 13.1 Å². The summed E-state index contributed by atoms with van der Waals surface area (Å²) in [6.45, 7) is 3.49. The number of nitrogens with one attached hydrogen (secondary N) is 1. The summed E-state index contributed by atoms with van der Waals surface area (Å²) >= 11 is 0. The minimum Gasteiger partial charge on any atom is -0.480 e. The van der Waals surface area contributed by atoms with Crippen LogP contribution in [0.2, 0.25) is 0 Å². The lowest BCUT2D eigenvalue weighted by Gasteiger charge is -2.20. The number of sulfonamides is 1. The molecule has 0 aliphatic carbocycles. The number of nitrogens with zero attached hydrogens (tertiary/aromatic N) is 4. The number of carboxylic acids is 1. The highest BCUT2D eigenvalue weighted by Crippen LogP contribution is 2.20. The molecule has 1 aromatic heterocycles. The predicted molar refractivity (Wildman–Crippen MR) is 85.4 cm³/mol. The zero-order chi connectivity index (χ0) is 17.9. The van der Waals surface area contributed by atoms with Crippen LogP contribution < -0.4 is 4.72 Å². The second-order valence-electron chi connectivity index (χ2n) is 5.48. The number of aliphatic carboxylic acids is 1. The number of carbonyl (C=O) groups is 1. The molecular formula is C14H19N5O4S. The van der Waals surface area contributed by atoms with E-state index in [9.17, 15) is 18.3 Å². The molecule has 0 spiro atoms. The summed E-state index contributed by atoms with van der Waals surface area (Å²) in [6.07, 6.45) is 0.532. The average molecular weight is 353 g/mol. The maximum Gasteiger partial charge on any atom is 0.322 e. The van der Waals surface area contributed by atoms with Crippen LogP contribution in [0.4, 0.5) is 0 Å². The molecule has 0 aliphatic heterocycles. The van der Waals surface area contributed by atoms with Crippen molar-refractivity contribution < 1.29 is 18.3 Å². The van der Waals surface area contributed by atoms with Gasteiger partial charge in [0.15, 0.2) is 5.82 Å². The highest BCUT2D eigenvalue weighted by molar-refractivity contribution is 7.89. The van der Waals surface area contributed by atoms with Gasteiger partial charge in [0.05, 0.1) is 4.90 Å². The first kappa shape index (κ1) is 18.0. The minimum absolute atomic E-state index is 0.0439. The first-order valence-electron chi connectivity index (χ1n) is 7.34. The van der Waals surface area contributed by atoms with Gasteiger partial charge < -0.3 is 5.11 Å². The maximum atomic E-state index is 12.5. The smallest absolute Gasteiger partial charge is 0.322 e. The molecule has 9 nitrogen and oxygen atoms in total. The van der Waals surface area contributed by atoms with Gasteiger partial charge in [-0.3, -0.25) is 4.79 Å². The molecule has 2 aromatic rings. The van der Waals surface area contributed by atoms with Crippen molar-refractivity contribution in [2.75, 3.05) is 0 Å². The monoisotopic (exact) mass is 353 g/mol. The Morgan fingerprint density at radius 2 is 2.12 bits per heavy atom. The van der Waals surface area contributed by atoms with Crippen molar-refractivity contribution in [1.82, 2.24) is 24.9 Å². The Bertz CT molecular complexity index is 833. The van der Waals surface area contributed by atoms with Crippen LogP contribution in [0.25, 0.3) is 11.4 Å². The van der Waals surface area contributed by atoms with Crippen LogP contribution in [0.5, 0.6) is 0 Å². The zero-order valence-corrected chi connectivity index (χ0v) is 14.4. The predicted octanol–water partition coefficient (Wildman–Crippen LogP) is 0.655. The molecule has 0 fully saturated rings. The van der Waals surface area contributed by atoms with Crippen molar-refractivity contribution in [1.29, 1.82) is 0 Å². The zero-order valence-electron chi connectivity index (χ0n) is 13.5. The van der Waals surface area contributed by atoms with E-state index >= 15 is 0 Å². The molecule has 2 rings (SSSR count). The Balaban J connectivity index is 2.36. The van der Waals surface area contributed by atoms with Gasteiger partial charge in [0.1, 0.15) is 6.04 Å². The van der Waals surface area contributed by atoms with E-state index < -0.39 is 22.0 Å². The second-order valence-corrected chi connectivity index (χ2v) is 7.19. The summed E-state index contributed by atoms with van der Waals surface area (Å²) in [5.74, 6) is -1.14. The largest absolute Gasteiger partial charge is 0.480 e. The Labute approximate surface area is 139 Å². The van der Waals surface area contributed by atoms with Gasteiger partial charge in [-0.15, -0.1) is 5.10 Å². The van der Waals surface area contributed by atoms with E-state index in [1.165, 1.54) is 16.8 Å². The van der Waals surface area contributed by atoms with E-state index in [1.54, 1.807) is 33.0 Å². The van der Waals surface area contributed by atoms with Crippen LogP contribution in [-0.2, 0) is 21.9 Å². The van der Waals surface area contributed by atoms with Crippen LogP contribution in [-0.4, -0.2) is 45.7 Å². The maximum absolute atomic E-state index is 12.5. The van der Waals surface area contributed by atoms with Crippen LogP contribution in [0.15, 0.2) is 29.2 Å². The fraction of sp³-hybridized carbons (Fsp3) is 0.429. The Hall–Kier alpha value is -2.33. The third kappa shape index (κ3) is 3.77. The number of tetrazole rings is 1. The first-order valence-corrected chi connectivity index (χ1v) is 8.82. The lowest BCUT2D eigenvalue weighted by atomic mass is 10.0. The molecule has 0 saturated carbocycles. The molecule has 1 aromatic carbocycles.